The minimum atomic E-state index is -4.89. The third-order valence-corrected chi connectivity index (χ3v) is 6.14. The van der Waals surface area contributed by atoms with Crippen LogP contribution in [-0.4, -0.2) is 25.1 Å². The average molecular weight is 438 g/mol. The molecule has 4 aromatic rings. The first-order valence-electron chi connectivity index (χ1n) is 9.25. The number of amides is 1. The number of alkyl halides is 2. The van der Waals surface area contributed by atoms with Crippen molar-refractivity contribution >= 4 is 32.3 Å². The van der Waals surface area contributed by atoms with Crippen LogP contribution < -0.4 is 5.32 Å². The van der Waals surface area contributed by atoms with Crippen molar-refractivity contribution in [3.63, 3.8) is 0 Å². The van der Waals surface area contributed by atoms with E-state index in [0.29, 0.717) is 16.6 Å². The topological polar surface area (TPSA) is 76.1 Å². The number of anilines is 1. The summed E-state index contributed by atoms with van der Waals surface area (Å²) in [4.78, 5) is 17.1. The van der Waals surface area contributed by atoms with Crippen LogP contribution >= 0.6 is 0 Å². The van der Waals surface area contributed by atoms with Crippen molar-refractivity contribution in [3.05, 3.63) is 90.5 Å². The monoisotopic (exact) mass is 438 g/mol. The number of halogens is 2. The van der Waals surface area contributed by atoms with Crippen molar-refractivity contribution in [2.75, 3.05) is 5.32 Å². The van der Waals surface area contributed by atoms with Gasteiger partial charge in [-0.1, -0.05) is 60.7 Å². The molecule has 0 saturated heterocycles. The molecule has 0 aliphatic carbocycles. The van der Waals surface area contributed by atoms with Gasteiger partial charge in [-0.2, -0.15) is 8.78 Å². The van der Waals surface area contributed by atoms with Crippen LogP contribution in [0.25, 0.3) is 22.2 Å². The summed E-state index contributed by atoms with van der Waals surface area (Å²) in [6.07, 6.45) is 0. The summed E-state index contributed by atoms with van der Waals surface area (Å²) in [6.45, 7) is 0. The molecule has 1 N–H and O–H groups in total. The van der Waals surface area contributed by atoms with Crippen LogP contribution in [0, 0.1) is 0 Å². The molecule has 3 aromatic carbocycles. The number of carbonyl (C=O) groups excluding carboxylic acids is 1. The lowest BCUT2D eigenvalue weighted by Crippen LogP contribution is -2.18. The number of nitrogens with one attached hydrogen (secondary N) is 1. The molecule has 0 aliphatic rings. The first-order chi connectivity index (χ1) is 14.9. The molecule has 4 rings (SSSR count). The van der Waals surface area contributed by atoms with Gasteiger partial charge in [0.05, 0.1) is 27.4 Å². The average Bonchev–Trinajstić information content (AvgIpc) is 2.79. The molecule has 0 saturated carbocycles. The molecular formula is C23H16F2N2O3S. The van der Waals surface area contributed by atoms with Crippen molar-refractivity contribution in [1.29, 1.82) is 0 Å². The number of aromatic nitrogens is 1. The zero-order valence-electron chi connectivity index (χ0n) is 16.0. The van der Waals surface area contributed by atoms with Crippen LogP contribution in [0.1, 0.15) is 10.4 Å². The fraction of sp³-hybridized carbons (Fsp3) is 0.0435. The molecule has 0 unspecified atom stereocenters. The number of para-hydroxylation sites is 2. The van der Waals surface area contributed by atoms with Gasteiger partial charge in [-0.05, 0) is 24.3 Å². The van der Waals surface area contributed by atoms with Crippen LogP contribution in [-0.2, 0) is 9.84 Å². The van der Waals surface area contributed by atoms with Crippen LogP contribution in [0.2, 0.25) is 0 Å². The molecule has 0 atom stereocenters. The van der Waals surface area contributed by atoms with Crippen molar-refractivity contribution in [2.45, 2.75) is 10.7 Å². The van der Waals surface area contributed by atoms with E-state index in [4.69, 9.17) is 0 Å². The molecule has 1 heterocycles. The number of benzene rings is 3. The standard InChI is InChI=1S/C23H16F2N2O3S/c24-23(25)31(29,30)21-13-7-6-12-19(21)27-22(28)17-14-20(15-8-2-1-3-9-15)26-18-11-5-4-10-16(17)18/h1-14,23H,(H,27,28). The minimum Gasteiger partial charge on any atom is -0.321 e. The normalized spacial score (nSPS) is 11.6. The lowest BCUT2D eigenvalue weighted by molar-refractivity contribution is 0.102. The molecule has 31 heavy (non-hydrogen) atoms. The maximum atomic E-state index is 13.1. The quantitative estimate of drug-likeness (QED) is 0.468. The van der Waals surface area contributed by atoms with Crippen LogP contribution in [0.5, 0.6) is 0 Å². The van der Waals surface area contributed by atoms with Gasteiger partial charge in [0, 0.05) is 10.9 Å². The van der Waals surface area contributed by atoms with E-state index in [2.05, 4.69) is 10.3 Å². The highest BCUT2D eigenvalue weighted by atomic mass is 32.2. The van der Waals surface area contributed by atoms with E-state index in [1.54, 1.807) is 30.3 Å². The maximum Gasteiger partial charge on any atom is 0.341 e. The first kappa shape index (κ1) is 20.6. The highest BCUT2D eigenvalue weighted by molar-refractivity contribution is 7.91. The summed E-state index contributed by atoms with van der Waals surface area (Å²) in [5.74, 6) is -4.23. The maximum absolute atomic E-state index is 13.1. The minimum absolute atomic E-state index is 0.213. The van der Waals surface area contributed by atoms with Crippen molar-refractivity contribution < 1.29 is 22.0 Å². The Morgan fingerprint density at radius 2 is 1.52 bits per heavy atom. The van der Waals surface area contributed by atoms with Crippen LogP contribution in [0.4, 0.5) is 14.5 Å². The van der Waals surface area contributed by atoms with Gasteiger partial charge in [0.25, 0.3) is 5.91 Å². The fourth-order valence-corrected chi connectivity index (χ4v) is 4.11. The lowest BCUT2D eigenvalue weighted by Gasteiger charge is -2.13. The summed E-state index contributed by atoms with van der Waals surface area (Å²) >= 11 is 0. The molecular weight excluding hydrogens is 422 g/mol. The number of hydrogen-bond acceptors (Lipinski definition) is 4. The van der Waals surface area contributed by atoms with E-state index >= 15 is 0 Å². The second kappa shape index (κ2) is 8.23. The smallest absolute Gasteiger partial charge is 0.321 e. The zero-order chi connectivity index (χ0) is 22.0. The Morgan fingerprint density at radius 1 is 0.871 bits per heavy atom. The Balaban J connectivity index is 1.81. The first-order valence-corrected chi connectivity index (χ1v) is 10.8. The van der Waals surface area contributed by atoms with Crippen molar-refractivity contribution in [2.24, 2.45) is 0 Å². The molecule has 0 fully saturated rings. The third-order valence-electron chi connectivity index (χ3n) is 4.71. The Labute approximate surface area is 177 Å². The number of rotatable bonds is 5. The van der Waals surface area contributed by atoms with Crippen molar-refractivity contribution in [1.82, 2.24) is 4.98 Å². The predicted octanol–water partition coefficient (Wildman–Crippen LogP) is 5.15. The molecule has 1 amide bonds. The molecule has 8 heteroatoms. The van der Waals surface area contributed by atoms with Gasteiger partial charge < -0.3 is 5.32 Å². The summed E-state index contributed by atoms with van der Waals surface area (Å²) in [5, 5.41) is 3.03. The van der Waals surface area contributed by atoms with Crippen molar-refractivity contribution in [3.8, 4) is 11.3 Å². The molecule has 0 spiro atoms. The molecule has 5 nitrogen and oxygen atoms in total. The summed E-state index contributed by atoms with van der Waals surface area (Å²) < 4.78 is 50.2. The fourth-order valence-electron chi connectivity index (χ4n) is 3.22. The summed E-state index contributed by atoms with van der Waals surface area (Å²) in [6, 6.07) is 22.9. The van der Waals surface area contributed by atoms with Gasteiger partial charge in [-0.3, -0.25) is 4.79 Å². The van der Waals surface area contributed by atoms with E-state index in [1.807, 2.05) is 30.3 Å². The van der Waals surface area contributed by atoms with Gasteiger partial charge in [-0.25, -0.2) is 13.4 Å². The lowest BCUT2D eigenvalue weighted by atomic mass is 10.0. The Hall–Kier alpha value is -3.65. The molecule has 1 aromatic heterocycles. The number of hydrogen-bond donors (Lipinski definition) is 1. The zero-order valence-corrected chi connectivity index (χ0v) is 16.8. The van der Waals surface area contributed by atoms with Gasteiger partial charge >= 0.3 is 5.76 Å². The van der Waals surface area contributed by atoms with E-state index in [9.17, 15) is 22.0 Å². The van der Waals surface area contributed by atoms with Gasteiger partial charge in [-0.15, -0.1) is 0 Å². The second-order valence-corrected chi connectivity index (χ2v) is 8.58. The van der Waals surface area contributed by atoms with Crippen LogP contribution in [0.15, 0.2) is 89.8 Å². The molecule has 0 aliphatic heterocycles. The molecule has 156 valence electrons. The highest BCUT2D eigenvalue weighted by Gasteiger charge is 2.29. The second-order valence-electron chi connectivity index (χ2n) is 6.69. The number of nitrogens with zero attached hydrogens (tertiary/aromatic N) is 1. The Kier molecular flexibility index (Phi) is 5.48. The van der Waals surface area contributed by atoms with Crippen LogP contribution in [0.3, 0.4) is 0 Å². The van der Waals surface area contributed by atoms with E-state index in [1.165, 1.54) is 18.2 Å². The van der Waals surface area contributed by atoms with Gasteiger partial charge in [0.2, 0.25) is 9.84 Å². The van der Waals surface area contributed by atoms with Gasteiger partial charge in [0.1, 0.15) is 0 Å². The highest BCUT2D eigenvalue weighted by Crippen LogP contribution is 2.29. The Morgan fingerprint density at radius 3 is 2.26 bits per heavy atom. The summed E-state index contributed by atoms with van der Waals surface area (Å²) in [5.41, 5.74) is 1.95. The number of sulfone groups is 1. The number of carbonyl (C=O) groups is 1. The summed E-state index contributed by atoms with van der Waals surface area (Å²) in [7, 11) is -4.89. The molecule has 0 radical (unpaired) electrons. The third kappa shape index (κ3) is 4.02. The number of fused-ring (bicyclic) bond motifs is 1. The van der Waals surface area contributed by atoms with E-state index < -0.39 is 26.4 Å². The number of pyridine rings is 1. The Bertz CT molecular complexity index is 1370. The molecule has 0 bridgehead atoms. The largest absolute Gasteiger partial charge is 0.341 e. The SMILES string of the molecule is O=C(Nc1ccccc1S(=O)(=O)C(F)F)c1cc(-c2ccccc2)nc2ccccc12. The van der Waals surface area contributed by atoms with E-state index in [0.717, 1.165) is 11.6 Å². The van der Waals surface area contributed by atoms with E-state index in [-0.39, 0.29) is 11.3 Å². The van der Waals surface area contributed by atoms with Gasteiger partial charge in [0.15, 0.2) is 0 Å². The predicted molar refractivity (Wildman–Crippen MR) is 115 cm³/mol.